The van der Waals surface area contributed by atoms with Crippen molar-refractivity contribution in [2.24, 2.45) is 5.73 Å². The number of amides is 1. The molecule has 1 amide bonds. The van der Waals surface area contributed by atoms with Gasteiger partial charge >= 0.3 is 5.97 Å². The van der Waals surface area contributed by atoms with Gasteiger partial charge in [0.1, 0.15) is 0 Å². The first-order valence-electron chi connectivity index (χ1n) is 6.40. The maximum atomic E-state index is 13.6. The maximum Gasteiger partial charge on any atom is 0.303 e. The molecule has 0 aliphatic carbocycles. The Morgan fingerprint density at radius 3 is 2.67 bits per heavy atom. The summed E-state index contributed by atoms with van der Waals surface area (Å²) < 4.78 is 18.4. The third kappa shape index (κ3) is 5.03. The van der Waals surface area contributed by atoms with E-state index in [0.29, 0.717) is 5.56 Å². The van der Waals surface area contributed by atoms with Crippen molar-refractivity contribution >= 4 is 11.9 Å². The van der Waals surface area contributed by atoms with Crippen molar-refractivity contribution in [3.05, 3.63) is 29.6 Å². The molecule has 0 spiro atoms. The van der Waals surface area contributed by atoms with Gasteiger partial charge in [0.05, 0.1) is 13.2 Å². The lowest BCUT2D eigenvalue weighted by Crippen LogP contribution is -2.41. The average molecular weight is 298 g/mol. The molecule has 1 atom stereocenters. The van der Waals surface area contributed by atoms with Crippen LogP contribution in [0.5, 0.6) is 5.75 Å². The number of nitrogens with two attached hydrogens (primary N) is 1. The number of ether oxygens (including phenoxy) is 1. The van der Waals surface area contributed by atoms with Crippen LogP contribution < -0.4 is 10.5 Å². The molecule has 1 rings (SSSR count). The van der Waals surface area contributed by atoms with E-state index in [1.54, 1.807) is 6.07 Å². The fraction of sp³-hybridized carbons (Fsp3) is 0.429. The highest BCUT2D eigenvalue weighted by molar-refractivity contribution is 5.82. The number of hydrogen-bond donors (Lipinski definition) is 2. The Morgan fingerprint density at radius 1 is 1.48 bits per heavy atom. The van der Waals surface area contributed by atoms with Gasteiger partial charge in [-0.25, -0.2) is 4.39 Å². The van der Waals surface area contributed by atoms with E-state index < -0.39 is 17.8 Å². The largest absolute Gasteiger partial charge is 0.494 e. The van der Waals surface area contributed by atoms with Crippen LogP contribution in [0.1, 0.15) is 18.4 Å². The number of methoxy groups -OCH3 is 1. The standard InChI is InChI=1S/C14H19FN2O4/c1-17(14(20)11(16)4-6-13(18)19)8-9-3-5-12(21-2)10(15)7-9/h3,5,7,11H,4,6,8,16H2,1-2H3,(H,18,19). The first kappa shape index (κ1) is 16.9. The van der Waals surface area contributed by atoms with Crippen molar-refractivity contribution in [3.63, 3.8) is 0 Å². The fourth-order valence-electron chi connectivity index (χ4n) is 1.85. The zero-order chi connectivity index (χ0) is 16.0. The van der Waals surface area contributed by atoms with Crippen molar-refractivity contribution in [1.82, 2.24) is 4.90 Å². The summed E-state index contributed by atoms with van der Waals surface area (Å²) in [4.78, 5) is 23.7. The van der Waals surface area contributed by atoms with E-state index >= 15 is 0 Å². The van der Waals surface area contributed by atoms with Gasteiger partial charge < -0.3 is 20.5 Å². The molecule has 0 aromatic heterocycles. The minimum absolute atomic E-state index is 0.0650. The van der Waals surface area contributed by atoms with Gasteiger partial charge in [-0.05, 0) is 24.1 Å². The number of carboxylic acid groups (broad SMARTS) is 1. The summed E-state index contributed by atoms with van der Waals surface area (Å²) in [7, 11) is 2.90. The van der Waals surface area contributed by atoms with Gasteiger partial charge in [0.25, 0.3) is 0 Å². The summed E-state index contributed by atoms with van der Waals surface area (Å²) in [6.07, 6.45) is -0.104. The number of halogens is 1. The number of carbonyl (C=O) groups is 2. The van der Waals surface area contributed by atoms with Crippen LogP contribution in [-0.4, -0.2) is 42.1 Å². The van der Waals surface area contributed by atoms with Crippen LogP contribution in [0, 0.1) is 5.82 Å². The monoisotopic (exact) mass is 298 g/mol. The summed E-state index contributed by atoms with van der Waals surface area (Å²) in [5, 5.41) is 8.56. The SMILES string of the molecule is COc1ccc(CN(C)C(=O)C(N)CCC(=O)O)cc1F. The van der Waals surface area contributed by atoms with Gasteiger partial charge in [0.2, 0.25) is 5.91 Å². The third-order valence-electron chi connectivity index (χ3n) is 3.00. The molecule has 0 radical (unpaired) electrons. The van der Waals surface area contributed by atoms with E-state index in [4.69, 9.17) is 15.6 Å². The minimum atomic E-state index is -1.00. The van der Waals surface area contributed by atoms with Crippen LogP contribution in [0.15, 0.2) is 18.2 Å². The topological polar surface area (TPSA) is 92.9 Å². The molecule has 1 unspecified atom stereocenters. The summed E-state index contributed by atoms with van der Waals surface area (Å²) in [6.45, 7) is 0.181. The Morgan fingerprint density at radius 2 is 2.14 bits per heavy atom. The zero-order valence-corrected chi connectivity index (χ0v) is 12.0. The van der Waals surface area contributed by atoms with Crippen molar-refractivity contribution in [3.8, 4) is 5.75 Å². The smallest absolute Gasteiger partial charge is 0.303 e. The first-order chi connectivity index (χ1) is 9.85. The summed E-state index contributed by atoms with van der Waals surface area (Å²) in [6, 6.07) is 3.53. The van der Waals surface area contributed by atoms with Crippen molar-refractivity contribution in [2.75, 3.05) is 14.2 Å². The maximum absolute atomic E-state index is 13.6. The Hall–Kier alpha value is -2.15. The van der Waals surface area contributed by atoms with Crippen LogP contribution in [0.25, 0.3) is 0 Å². The molecule has 21 heavy (non-hydrogen) atoms. The predicted octanol–water partition coefficient (Wildman–Crippen LogP) is 0.985. The van der Waals surface area contributed by atoms with Crippen molar-refractivity contribution in [1.29, 1.82) is 0 Å². The van der Waals surface area contributed by atoms with E-state index in [2.05, 4.69) is 0 Å². The highest BCUT2D eigenvalue weighted by Gasteiger charge is 2.19. The molecule has 116 valence electrons. The van der Waals surface area contributed by atoms with Gasteiger partial charge in [0, 0.05) is 20.0 Å². The number of carbonyl (C=O) groups excluding carboxylic acids is 1. The number of nitrogens with zero attached hydrogens (tertiary/aromatic N) is 1. The van der Waals surface area contributed by atoms with Gasteiger partial charge in [-0.2, -0.15) is 0 Å². The molecule has 0 saturated heterocycles. The fourth-order valence-corrected chi connectivity index (χ4v) is 1.85. The molecule has 0 aliphatic heterocycles. The second-order valence-corrected chi connectivity index (χ2v) is 4.70. The lowest BCUT2D eigenvalue weighted by molar-refractivity contribution is -0.137. The number of benzene rings is 1. The normalized spacial score (nSPS) is 11.8. The van der Waals surface area contributed by atoms with Gasteiger partial charge in [-0.15, -0.1) is 0 Å². The quantitative estimate of drug-likeness (QED) is 0.783. The molecule has 3 N–H and O–H groups in total. The number of likely N-dealkylation sites (N-methyl/N-ethyl adjacent to an activating group) is 1. The lowest BCUT2D eigenvalue weighted by atomic mass is 10.1. The first-order valence-corrected chi connectivity index (χ1v) is 6.40. The average Bonchev–Trinajstić information content (AvgIpc) is 2.44. The van der Waals surface area contributed by atoms with E-state index in [9.17, 15) is 14.0 Å². The van der Waals surface area contributed by atoms with Crippen LogP contribution in [-0.2, 0) is 16.1 Å². The highest BCUT2D eigenvalue weighted by Crippen LogP contribution is 2.18. The Bertz CT molecular complexity index is 522. The molecule has 0 bridgehead atoms. The molecule has 7 heteroatoms. The Labute approximate surface area is 122 Å². The van der Waals surface area contributed by atoms with Crippen molar-refractivity contribution in [2.45, 2.75) is 25.4 Å². The van der Waals surface area contributed by atoms with E-state index in [0.717, 1.165) is 0 Å². The molecule has 0 heterocycles. The molecule has 6 nitrogen and oxygen atoms in total. The summed E-state index contributed by atoms with van der Waals surface area (Å²) in [5.41, 5.74) is 6.24. The molecular weight excluding hydrogens is 279 g/mol. The number of rotatable bonds is 7. The molecule has 0 saturated carbocycles. The molecule has 0 fully saturated rings. The second kappa shape index (κ2) is 7.58. The van der Waals surface area contributed by atoms with Crippen LogP contribution in [0.2, 0.25) is 0 Å². The van der Waals surface area contributed by atoms with Gasteiger partial charge in [-0.1, -0.05) is 6.07 Å². The Kier molecular flexibility index (Phi) is 6.10. The van der Waals surface area contributed by atoms with Gasteiger partial charge in [0.15, 0.2) is 11.6 Å². The van der Waals surface area contributed by atoms with Gasteiger partial charge in [-0.3, -0.25) is 9.59 Å². The summed E-state index contributed by atoms with van der Waals surface area (Å²) in [5.74, 6) is -1.76. The van der Waals surface area contributed by atoms with E-state index in [1.165, 1.54) is 31.2 Å². The minimum Gasteiger partial charge on any atom is -0.494 e. The third-order valence-corrected chi connectivity index (χ3v) is 3.00. The molecule has 1 aromatic carbocycles. The lowest BCUT2D eigenvalue weighted by Gasteiger charge is -2.21. The number of hydrogen-bond acceptors (Lipinski definition) is 4. The molecular formula is C14H19FN2O4. The van der Waals surface area contributed by atoms with E-state index in [-0.39, 0.29) is 31.0 Å². The summed E-state index contributed by atoms with van der Waals surface area (Å²) >= 11 is 0. The van der Waals surface area contributed by atoms with Crippen LogP contribution in [0.4, 0.5) is 4.39 Å². The number of carboxylic acids is 1. The van der Waals surface area contributed by atoms with E-state index in [1.807, 2.05) is 0 Å². The zero-order valence-electron chi connectivity index (χ0n) is 12.0. The molecule has 0 aliphatic rings. The Balaban J connectivity index is 2.63. The van der Waals surface area contributed by atoms with Crippen molar-refractivity contribution < 1.29 is 23.8 Å². The number of aliphatic carboxylic acids is 1. The highest BCUT2D eigenvalue weighted by atomic mass is 19.1. The molecule has 1 aromatic rings. The van der Waals surface area contributed by atoms with Crippen LogP contribution >= 0.6 is 0 Å². The second-order valence-electron chi connectivity index (χ2n) is 4.70. The predicted molar refractivity (Wildman–Crippen MR) is 74.3 cm³/mol. The van der Waals surface area contributed by atoms with Crippen LogP contribution in [0.3, 0.4) is 0 Å².